The second-order valence-electron chi connectivity index (χ2n) is 4.36. The van der Waals surface area contributed by atoms with Crippen molar-refractivity contribution in [3.8, 4) is 0 Å². The lowest BCUT2D eigenvalue weighted by atomic mass is 10.2. The van der Waals surface area contributed by atoms with E-state index in [1.165, 1.54) is 18.5 Å². The molecule has 0 unspecified atom stereocenters. The van der Waals surface area contributed by atoms with Crippen LogP contribution in [0.1, 0.15) is 5.56 Å². The second kappa shape index (κ2) is 5.43. The Morgan fingerprint density at radius 2 is 1.85 bits per heavy atom. The van der Waals surface area contributed by atoms with Crippen molar-refractivity contribution in [2.45, 2.75) is 6.54 Å². The number of rotatable bonds is 3. The summed E-state index contributed by atoms with van der Waals surface area (Å²) in [7, 11) is 0. The minimum absolute atomic E-state index is 0.240. The molecule has 0 aliphatic carbocycles. The maximum atomic E-state index is 12.8. The lowest BCUT2D eigenvalue weighted by Gasteiger charge is -2.08. The molecule has 0 amide bonds. The number of aromatic nitrogens is 2. The first-order chi connectivity index (χ1) is 9.72. The Morgan fingerprint density at radius 3 is 2.65 bits per heavy atom. The molecule has 3 aromatic rings. The van der Waals surface area contributed by atoms with Gasteiger partial charge in [-0.15, -0.1) is 0 Å². The van der Waals surface area contributed by atoms with Gasteiger partial charge in [-0.2, -0.15) is 0 Å². The summed E-state index contributed by atoms with van der Waals surface area (Å²) in [5.74, 6) is 0.492. The van der Waals surface area contributed by atoms with Crippen LogP contribution in [0.4, 0.5) is 10.2 Å². The smallest absolute Gasteiger partial charge is 0.137 e. The van der Waals surface area contributed by atoms with Gasteiger partial charge in [0.05, 0.1) is 5.52 Å². The van der Waals surface area contributed by atoms with Crippen molar-refractivity contribution in [2.75, 3.05) is 5.32 Å². The summed E-state index contributed by atoms with van der Waals surface area (Å²) >= 11 is 5.94. The van der Waals surface area contributed by atoms with Crippen molar-refractivity contribution in [2.24, 2.45) is 0 Å². The van der Waals surface area contributed by atoms with Gasteiger partial charge in [0.2, 0.25) is 0 Å². The van der Waals surface area contributed by atoms with E-state index in [0.29, 0.717) is 11.6 Å². The number of anilines is 1. The summed E-state index contributed by atoms with van der Waals surface area (Å²) in [6.07, 6.45) is 1.49. The molecule has 0 saturated heterocycles. The van der Waals surface area contributed by atoms with Crippen LogP contribution in [-0.4, -0.2) is 9.97 Å². The summed E-state index contributed by atoms with van der Waals surface area (Å²) in [5.41, 5.74) is 1.77. The SMILES string of the molecule is Fc1ccc(CNc2ncnc3cc(Cl)ccc23)cc1. The largest absolute Gasteiger partial charge is 0.365 e. The molecule has 1 N–H and O–H groups in total. The Bertz CT molecular complexity index is 744. The third kappa shape index (κ3) is 2.70. The van der Waals surface area contributed by atoms with E-state index >= 15 is 0 Å². The minimum Gasteiger partial charge on any atom is -0.365 e. The molecule has 0 radical (unpaired) electrons. The molecule has 3 rings (SSSR count). The number of halogens is 2. The van der Waals surface area contributed by atoms with E-state index in [4.69, 9.17) is 11.6 Å². The summed E-state index contributed by atoms with van der Waals surface area (Å²) < 4.78 is 12.8. The van der Waals surface area contributed by atoms with Gasteiger partial charge in [-0.3, -0.25) is 0 Å². The number of nitrogens with zero attached hydrogens (tertiary/aromatic N) is 2. The first kappa shape index (κ1) is 12.8. The molecule has 0 aliphatic heterocycles. The fourth-order valence-electron chi connectivity index (χ4n) is 1.96. The molecular formula is C15H11ClFN3. The average molecular weight is 288 g/mol. The van der Waals surface area contributed by atoms with Gasteiger partial charge >= 0.3 is 0 Å². The summed E-state index contributed by atoms with van der Waals surface area (Å²) in [5, 5.41) is 4.77. The summed E-state index contributed by atoms with van der Waals surface area (Å²) in [6.45, 7) is 0.565. The van der Waals surface area contributed by atoms with Crippen LogP contribution in [0.2, 0.25) is 5.02 Å². The van der Waals surface area contributed by atoms with Gasteiger partial charge in [-0.25, -0.2) is 14.4 Å². The average Bonchev–Trinajstić information content (AvgIpc) is 2.46. The molecule has 0 bridgehead atoms. The van der Waals surface area contributed by atoms with Crippen molar-refractivity contribution < 1.29 is 4.39 Å². The third-order valence-electron chi connectivity index (χ3n) is 2.97. The molecule has 0 atom stereocenters. The maximum Gasteiger partial charge on any atom is 0.137 e. The van der Waals surface area contributed by atoms with Gasteiger partial charge in [0.25, 0.3) is 0 Å². The maximum absolute atomic E-state index is 12.8. The van der Waals surface area contributed by atoms with Gasteiger partial charge in [0, 0.05) is 17.0 Å². The number of hydrogen-bond acceptors (Lipinski definition) is 3. The number of benzene rings is 2. The van der Waals surface area contributed by atoms with Gasteiger partial charge in [-0.05, 0) is 35.9 Å². The van der Waals surface area contributed by atoms with Crippen LogP contribution in [0.15, 0.2) is 48.8 Å². The van der Waals surface area contributed by atoms with Gasteiger partial charge in [0.1, 0.15) is 18.0 Å². The minimum atomic E-state index is -0.240. The quantitative estimate of drug-likeness (QED) is 0.790. The predicted molar refractivity (Wildman–Crippen MR) is 78.3 cm³/mol. The van der Waals surface area contributed by atoms with Crippen molar-refractivity contribution >= 4 is 28.3 Å². The first-order valence-electron chi connectivity index (χ1n) is 6.11. The highest BCUT2D eigenvalue weighted by molar-refractivity contribution is 6.31. The zero-order valence-electron chi connectivity index (χ0n) is 10.5. The number of hydrogen-bond donors (Lipinski definition) is 1. The van der Waals surface area contributed by atoms with Crippen LogP contribution in [0.25, 0.3) is 10.9 Å². The molecule has 5 heteroatoms. The fourth-order valence-corrected chi connectivity index (χ4v) is 2.13. The Morgan fingerprint density at radius 1 is 1.05 bits per heavy atom. The predicted octanol–water partition coefficient (Wildman–Crippen LogP) is 4.03. The van der Waals surface area contributed by atoms with Crippen molar-refractivity contribution in [1.29, 1.82) is 0 Å². The molecule has 0 spiro atoms. The van der Waals surface area contributed by atoms with Gasteiger partial charge in [-0.1, -0.05) is 23.7 Å². The van der Waals surface area contributed by atoms with Crippen LogP contribution in [-0.2, 0) is 6.54 Å². The third-order valence-corrected chi connectivity index (χ3v) is 3.21. The Labute approximate surface area is 120 Å². The Kier molecular flexibility index (Phi) is 3.48. The van der Waals surface area contributed by atoms with Crippen molar-refractivity contribution in [1.82, 2.24) is 9.97 Å². The lowest BCUT2D eigenvalue weighted by molar-refractivity contribution is 0.627. The van der Waals surface area contributed by atoms with E-state index in [1.54, 1.807) is 24.3 Å². The highest BCUT2D eigenvalue weighted by atomic mass is 35.5. The van der Waals surface area contributed by atoms with Crippen LogP contribution in [0.5, 0.6) is 0 Å². The van der Waals surface area contributed by atoms with E-state index in [0.717, 1.165) is 22.3 Å². The van der Waals surface area contributed by atoms with Crippen LogP contribution in [0.3, 0.4) is 0 Å². The summed E-state index contributed by atoms with van der Waals surface area (Å²) in [4.78, 5) is 8.41. The standard InChI is InChI=1S/C15H11ClFN3/c16-11-3-6-13-14(7-11)19-9-20-15(13)18-8-10-1-4-12(17)5-2-10/h1-7,9H,8H2,(H,18,19,20). The zero-order valence-corrected chi connectivity index (χ0v) is 11.2. The normalized spacial score (nSPS) is 10.7. The van der Waals surface area contributed by atoms with Crippen LogP contribution >= 0.6 is 11.6 Å². The Hall–Kier alpha value is -2.20. The molecule has 0 aliphatic rings. The van der Waals surface area contributed by atoms with Gasteiger partial charge in [0.15, 0.2) is 0 Å². The van der Waals surface area contributed by atoms with Crippen molar-refractivity contribution in [3.63, 3.8) is 0 Å². The van der Waals surface area contributed by atoms with Gasteiger partial charge < -0.3 is 5.32 Å². The van der Waals surface area contributed by atoms with E-state index in [1.807, 2.05) is 6.07 Å². The molecule has 2 aromatic carbocycles. The first-order valence-corrected chi connectivity index (χ1v) is 6.49. The molecule has 0 fully saturated rings. The number of nitrogens with one attached hydrogen (secondary N) is 1. The molecule has 100 valence electrons. The number of fused-ring (bicyclic) bond motifs is 1. The van der Waals surface area contributed by atoms with E-state index in [2.05, 4.69) is 15.3 Å². The Balaban J connectivity index is 1.85. The van der Waals surface area contributed by atoms with E-state index in [9.17, 15) is 4.39 Å². The molecule has 1 heterocycles. The van der Waals surface area contributed by atoms with E-state index in [-0.39, 0.29) is 5.82 Å². The zero-order chi connectivity index (χ0) is 13.9. The lowest BCUT2D eigenvalue weighted by Crippen LogP contribution is -2.02. The molecule has 20 heavy (non-hydrogen) atoms. The molecule has 0 saturated carbocycles. The monoisotopic (exact) mass is 287 g/mol. The van der Waals surface area contributed by atoms with Crippen LogP contribution < -0.4 is 5.32 Å². The van der Waals surface area contributed by atoms with Crippen molar-refractivity contribution in [3.05, 3.63) is 65.2 Å². The molecular weight excluding hydrogens is 277 g/mol. The highest BCUT2D eigenvalue weighted by Gasteiger charge is 2.04. The highest BCUT2D eigenvalue weighted by Crippen LogP contribution is 2.22. The van der Waals surface area contributed by atoms with Crippen LogP contribution in [0, 0.1) is 5.82 Å². The topological polar surface area (TPSA) is 37.8 Å². The summed E-state index contributed by atoms with van der Waals surface area (Å²) in [6, 6.07) is 11.8. The second-order valence-corrected chi connectivity index (χ2v) is 4.80. The molecule has 1 aromatic heterocycles. The fraction of sp³-hybridized carbons (Fsp3) is 0.0667. The van der Waals surface area contributed by atoms with E-state index < -0.39 is 0 Å². The molecule has 3 nitrogen and oxygen atoms in total.